The second kappa shape index (κ2) is 8.45. The summed E-state index contributed by atoms with van der Waals surface area (Å²) in [4.78, 5) is 39.7. The molecule has 1 aromatic carbocycles. The number of ketones is 2. The van der Waals surface area contributed by atoms with Gasteiger partial charge >= 0.3 is 0 Å². The smallest absolute Gasteiger partial charge is 0.258 e. The van der Waals surface area contributed by atoms with Crippen molar-refractivity contribution >= 4 is 23.2 Å². The lowest BCUT2D eigenvalue weighted by molar-refractivity contribution is -0.147. The second-order valence-electron chi connectivity index (χ2n) is 12.6. The highest BCUT2D eigenvalue weighted by Gasteiger charge is 2.60. The summed E-state index contributed by atoms with van der Waals surface area (Å²) in [5.74, 6) is -5.44. The first-order chi connectivity index (χ1) is 16.9. The summed E-state index contributed by atoms with van der Waals surface area (Å²) in [5.41, 5.74) is -1.93. The van der Waals surface area contributed by atoms with Crippen LogP contribution in [0.25, 0.3) is 5.76 Å². The summed E-state index contributed by atoms with van der Waals surface area (Å²) in [7, 11) is 0. The number of aliphatic hydroxyl groups is 3. The number of fused-ring (bicyclic) bond motifs is 3. The maximum absolute atomic E-state index is 13.9. The van der Waals surface area contributed by atoms with E-state index in [0.717, 1.165) is 11.1 Å². The van der Waals surface area contributed by atoms with E-state index < -0.39 is 63.0 Å². The van der Waals surface area contributed by atoms with Gasteiger partial charge in [0, 0.05) is 29.0 Å². The SMILES string of the molecule is CCc1cc(C(C)(C)C)c(O)c2c1C[C@H]1C[C@H]3CC(=O)C(C(=O)NC(C)(C)C)=C(O)[C@@]3(O)C(=O)C1=C2O. The standard InChI is InChI=1S/C29H37NO7/c1-8-13-11-17(27(2,3)4)22(32)20-16(13)10-14-9-15-12-18(31)21(26(36)30-28(5,6)7)25(35)29(15,37)24(34)19(14)23(20)33/h11,14-15,32-33,35,37H,8-10,12H2,1-7H3,(H,30,36)/t14-,15+,29+/m1/s1. The number of phenols is 1. The van der Waals surface area contributed by atoms with Gasteiger partial charge in [-0.1, -0.05) is 33.8 Å². The monoisotopic (exact) mass is 511 g/mol. The first kappa shape index (κ1) is 26.9. The van der Waals surface area contributed by atoms with Gasteiger partial charge in [0.05, 0.1) is 5.56 Å². The van der Waals surface area contributed by atoms with Gasteiger partial charge in [-0.2, -0.15) is 0 Å². The number of nitrogens with one attached hydrogen (secondary N) is 1. The Hall–Kier alpha value is -3.13. The number of phenolic OH excluding ortho intramolecular Hbond substituents is 1. The topological polar surface area (TPSA) is 144 Å². The Morgan fingerprint density at radius 1 is 1.08 bits per heavy atom. The van der Waals surface area contributed by atoms with Gasteiger partial charge in [0.25, 0.3) is 5.91 Å². The van der Waals surface area contributed by atoms with E-state index in [4.69, 9.17) is 0 Å². The van der Waals surface area contributed by atoms with Crippen LogP contribution < -0.4 is 5.32 Å². The Balaban J connectivity index is 1.92. The van der Waals surface area contributed by atoms with Gasteiger partial charge in [0.15, 0.2) is 11.4 Å². The van der Waals surface area contributed by atoms with Crippen molar-refractivity contribution in [3.63, 3.8) is 0 Å². The van der Waals surface area contributed by atoms with E-state index in [1.54, 1.807) is 20.8 Å². The number of rotatable bonds is 2. The summed E-state index contributed by atoms with van der Waals surface area (Å²) in [5, 5.41) is 47.9. The molecular weight excluding hydrogens is 474 g/mol. The highest BCUT2D eigenvalue weighted by atomic mass is 16.3. The quantitative estimate of drug-likeness (QED) is 0.381. The fourth-order valence-corrected chi connectivity index (χ4v) is 6.04. The number of hydrogen-bond donors (Lipinski definition) is 5. The van der Waals surface area contributed by atoms with Crippen LogP contribution in [0.1, 0.15) is 83.6 Å². The van der Waals surface area contributed by atoms with Crippen LogP contribution in [-0.4, -0.2) is 49.0 Å². The Labute approximate surface area is 217 Å². The Kier molecular flexibility index (Phi) is 6.15. The van der Waals surface area contributed by atoms with Crippen LogP contribution >= 0.6 is 0 Å². The number of aromatic hydroxyl groups is 1. The molecule has 3 atom stereocenters. The molecule has 3 aliphatic carbocycles. The molecule has 1 saturated carbocycles. The van der Waals surface area contributed by atoms with E-state index in [0.29, 0.717) is 18.4 Å². The van der Waals surface area contributed by atoms with Crippen LogP contribution in [0.4, 0.5) is 0 Å². The highest BCUT2D eigenvalue weighted by Crippen LogP contribution is 2.53. The molecule has 3 aliphatic rings. The molecule has 0 saturated heterocycles. The molecule has 1 aromatic rings. The van der Waals surface area contributed by atoms with Crippen molar-refractivity contribution in [2.24, 2.45) is 11.8 Å². The van der Waals surface area contributed by atoms with Gasteiger partial charge in [0.1, 0.15) is 22.8 Å². The second-order valence-corrected chi connectivity index (χ2v) is 12.6. The number of hydrogen-bond acceptors (Lipinski definition) is 7. The van der Waals surface area contributed by atoms with Crippen LogP contribution in [-0.2, 0) is 32.6 Å². The molecular formula is C29H37NO7. The molecule has 200 valence electrons. The lowest BCUT2D eigenvalue weighted by Gasteiger charge is -2.46. The Morgan fingerprint density at radius 2 is 1.70 bits per heavy atom. The number of aliphatic hydroxyl groups excluding tert-OH is 2. The third kappa shape index (κ3) is 4.06. The maximum atomic E-state index is 13.9. The summed E-state index contributed by atoms with van der Waals surface area (Å²) < 4.78 is 0. The fourth-order valence-electron chi connectivity index (χ4n) is 6.04. The molecule has 0 radical (unpaired) electrons. The molecule has 0 heterocycles. The fraction of sp³-hybridized carbons (Fsp3) is 0.552. The van der Waals surface area contributed by atoms with Crippen molar-refractivity contribution in [3.05, 3.63) is 45.2 Å². The van der Waals surface area contributed by atoms with Crippen LogP contribution in [0.5, 0.6) is 5.75 Å². The van der Waals surface area contributed by atoms with E-state index in [2.05, 4.69) is 5.32 Å². The molecule has 8 heteroatoms. The minimum Gasteiger partial charge on any atom is -0.508 e. The van der Waals surface area contributed by atoms with Gasteiger partial charge in [-0.05, 0) is 62.5 Å². The number of benzene rings is 1. The molecule has 0 aliphatic heterocycles. The maximum Gasteiger partial charge on any atom is 0.258 e. The first-order valence-electron chi connectivity index (χ1n) is 12.8. The Morgan fingerprint density at radius 3 is 2.24 bits per heavy atom. The lowest BCUT2D eigenvalue weighted by Crippen LogP contribution is -2.58. The Bertz CT molecular complexity index is 1290. The summed E-state index contributed by atoms with van der Waals surface area (Å²) in [6, 6.07) is 1.94. The lowest BCUT2D eigenvalue weighted by atomic mass is 9.59. The van der Waals surface area contributed by atoms with Crippen LogP contribution in [0, 0.1) is 11.8 Å². The van der Waals surface area contributed by atoms with Crippen molar-refractivity contribution in [2.75, 3.05) is 0 Å². The zero-order valence-corrected chi connectivity index (χ0v) is 22.6. The van der Waals surface area contributed by atoms with E-state index in [1.165, 1.54) is 0 Å². The van der Waals surface area contributed by atoms with Crippen molar-refractivity contribution < 1.29 is 34.8 Å². The molecule has 5 N–H and O–H groups in total. The van der Waals surface area contributed by atoms with E-state index in [1.807, 2.05) is 33.8 Å². The third-order valence-electron chi connectivity index (χ3n) is 7.81. The van der Waals surface area contributed by atoms with Crippen LogP contribution in [0.3, 0.4) is 0 Å². The number of carbonyl (C=O) groups is 3. The van der Waals surface area contributed by atoms with Crippen molar-refractivity contribution in [2.45, 2.75) is 90.7 Å². The number of Topliss-reactive ketones (excluding diaryl/α,β-unsaturated/α-hetero) is 2. The number of carbonyl (C=O) groups excluding carboxylic acids is 3. The molecule has 0 spiro atoms. The zero-order valence-electron chi connectivity index (χ0n) is 22.6. The summed E-state index contributed by atoms with van der Waals surface area (Å²) >= 11 is 0. The predicted molar refractivity (Wildman–Crippen MR) is 138 cm³/mol. The minimum atomic E-state index is -2.53. The molecule has 0 aromatic heterocycles. The van der Waals surface area contributed by atoms with Crippen LogP contribution in [0.15, 0.2) is 23.0 Å². The third-order valence-corrected chi connectivity index (χ3v) is 7.81. The zero-order chi connectivity index (χ0) is 27.8. The largest absolute Gasteiger partial charge is 0.508 e. The van der Waals surface area contributed by atoms with Gasteiger partial charge < -0.3 is 25.7 Å². The van der Waals surface area contributed by atoms with E-state index >= 15 is 0 Å². The molecule has 0 unspecified atom stereocenters. The first-order valence-corrected chi connectivity index (χ1v) is 12.8. The minimum absolute atomic E-state index is 0.0915. The van der Waals surface area contributed by atoms with Gasteiger partial charge in [-0.15, -0.1) is 0 Å². The van der Waals surface area contributed by atoms with Gasteiger partial charge in [-0.25, -0.2) is 0 Å². The van der Waals surface area contributed by atoms with Crippen molar-refractivity contribution in [1.29, 1.82) is 0 Å². The molecule has 1 fully saturated rings. The molecule has 4 rings (SSSR count). The average Bonchev–Trinajstić information content (AvgIpc) is 2.74. The molecule has 0 bridgehead atoms. The predicted octanol–water partition coefficient (Wildman–Crippen LogP) is 3.71. The number of amides is 1. The molecule has 37 heavy (non-hydrogen) atoms. The summed E-state index contributed by atoms with van der Waals surface area (Å²) in [6.07, 6.45) is 0.849. The molecule has 8 nitrogen and oxygen atoms in total. The van der Waals surface area contributed by atoms with E-state index in [9.17, 15) is 34.8 Å². The molecule has 1 amide bonds. The van der Waals surface area contributed by atoms with E-state index in [-0.39, 0.29) is 29.7 Å². The van der Waals surface area contributed by atoms with Gasteiger partial charge in [-0.3, -0.25) is 14.4 Å². The number of aryl methyl sites for hydroxylation is 1. The normalized spacial score (nSPS) is 26.1. The van der Waals surface area contributed by atoms with Crippen molar-refractivity contribution in [1.82, 2.24) is 5.32 Å². The average molecular weight is 512 g/mol. The summed E-state index contributed by atoms with van der Waals surface area (Å²) in [6.45, 7) is 12.9. The van der Waals surface area contributed by atoms with Gasteiger partial charge in [0.2, 0.25) is 5.78 Å². The van der Waals surface area contributed by atoms with Crippen LogP contribution in [0.2, 0.25) is 0 Å². The van der Waals surface area contributed by atoms with Crippen molar-refractivity contribution in [3.8, 4) is 5.75 Å². The highest BCUT2D eigenvalue weighted by molar-refractivity contribution is 6.23.